The smallest absolute Gasteiger partial charge is 0.335 e. The van der Waals surface area contributed by atoms with Gasteiger partial charge in [-0.15, -0.1) is 0 Å². The Hall–Kier alpha value is -2.39. The largest absolute Gasteiger partial charge is 0.478 e. The fourth-order valence-corrected chi connectivity index (χ4v) is 2.86. The van der Waals surface area contributed by atoms with E-state index >= 15 is 0 Å². The van der Waals surface area contributed by atoms with Crippen molar-refractivity contribution in [3.05, 3.63) is 42.2 Å². The average Bonchev–Trinajstić information content (AvgIpc) is 2.91. The fourth-order valence-electron chi connectivity index (χ4n) is 1.73. The molecule has 0 saturated carbocycles. The summed E-state index contributed by atoms with van der Waals surface area (Å²) in [5.41, 5.74) is 5.44. The van der Waals surface area contributed by atoms with Crippen molar-refractivity contribution in [3.63, 3.8) is 0 Å². The summed E-state index contributed by atoms with van der Waals surface area (Å²) in [5.74, 6) is -1.17. The molecule has 9 heteroatoms. The molecule has 0 spiro atoms. The average molecular weight is 310 g/mol. The van der Waals surface area contributed by atoms with Gasteiger partial charge in [-0.25, -0.2) is 17.9 Å². The molecule has 112 valence electrons. The topological polar surface area (TPSA) is 127 Å². The summed E-state index contributed by atoms with van der Waals surface area (Å²) in [4.78, 5) is 10.6. The molecule has 1 heterocycles. The van der Waals surface area contributed by atoms with Crippen molar-refractivity contribution >= 4 is 21.7 Å². The number of aromatic nitrogens is 2. The number of carbonyl (C=O) groups is 1. The molecular formula is C12H14N4O4S. The van der Waals surface area contributed by atoms with Gasteiger partial charge in [0, 0.05) is 18.9 Å². The molecule has 0 radical (unpaired) electrons. The molecule has 0 amide bonds. The van der Waals surface area contributed by atoms with Crippen molar-refractivity contribution in [3.8, 4) is 0 Å². The summed E-state index contributed by atoms with van der Waals surface area (Å²) in [6, 6.07) is 5.22. The molecule has 0 aliphatic heterocycles. The van der Waals surface area contributed by atoms with E-state index in [9.17, 15) is 13.2 Å². The minimum absolute atomic E-state index is 0.0667. The van der Waals surface area contributed by atoms with E-state index in [1.807, 2.05) is 0 Å². The Bertz CT molecular complexity index is 741. The van der Waals surface area contributed by atoms with Gasteiger partial charge in [-0.1, -0.05) is 0 Å². The zero-order chi connectivity index (χ0) is 15.5. The molecule has 21 heavy (non-hydrogen) atoms. The molecular weight excluding hydrogens is 296 g/mol. The third kappa shape index (κ3) is 3.58. The number of sulfonamides is 1. The number of carboxylic acid groups (broad SMARTS) is 1. The molecule has 2 aromatic rings. The van der Waals surface area contributed by atoms with Crippen molar-refractivity contribution in [2.45, 2.75) is 11.4 Å². The lowest BCUT2D eigenvalue weighted by Gasteiger charge is -2.09. The van der Waals surface area contributed by atoms with Crippen molar-refractivity contribution in [2.24, 2.45) is 0 Å². The van der Waals surface area contributed by atoms with Gasteiger partial charge in [0.15, 0.2) is 0 Å². The second-order valence-electron chi connectivity index (χ2n) is 4.22. The molecule has 0 fully saturated rings. The van der Waals surface area contributed by atoms with E-state index < -0.39 is 16.0 Å². The van der Waals surface area contributed by atoms with Crippen LogP contribution in [-0.2, 0) is 16.6 Å². The standard InChI is InChI=1S/C12H14N4O4S/c13-10-8-9(12(17)18)2-3-11(10)21(19,20)15-5-7-16-6-1-4-14-16/h1-4,6,8,15H,5,7,13H2,(H,17,18). The highest BCUT2D eigenvalue weighted by Crippen LogP contribution is 2.19. The Labute approximate surface area is 121 Å². The number of nitrogen functional groups attached to an aromatic ring is 1. The van der Waals surface area contributed by atoms with Crippen LogP contribution in [0.25, 0.3) is 0 Å². The van der Waals surface area contributed by atoms with Crippen molar-refractivity contribution in [2.75, 3.05) is 12.3 Å². The number of nitrogens with zero attached hydrogens (tertiary/aromatic N) is 2. The van der Waals surface area contributed by atoms with Crippen molar-refractivity contribution in [1.29, 1.82) is 0 Å². The lowest BCUT2D eigenvalue weighted by molar-refractivity contribution is 0.0697. The van der Waals surface area contributed by atoms with Gasteiger partial charge in [0.1, 0.15) is 4.90 Å². The number of carboxylic acids is 1. The van der Waals surface area contributed by atoms with E-state index in [1.165, 1.54) is 12.1 Å². The summed E-state index contributed by atoms with van der Waals surface area (Å²) in [5, 5.41) is 12.8. The van der Waals surface area contributed by atoms with E-state index in [0.717, 1.165) is 6.07 Å². The van der Waals surface area contributed by atoms with Crippen LogP contribution in [0, 0.1) is 0 Å². The normalized spacial score (nSPS) is 11.4. The van der Waals surface area contributed by atoms with Crippen LogP contribution in [0.2, 0.25) is 0 Å². The molecule has 2 rings (SSSR count). The summed E-state index contributed by atoms with van der Waals surface area (Å²) in [7, 11) is -3.80. The van der Waals surface area contributed by atoms with Crippen LogP contribution >= 0.6 is 0 Å². The summed E-state index contributed by atoms with van der Waals surface area (Å²) >= 11 is 0. The lowest BCUT2D eigenvalue weighted by Crippen LogP contribution is -2.28. The van der Waals surface area contributed by atoms with Gasteiger partial charge >= 0.3 is 5.97 Å². The number of hydrogen-bond donors (Lipinski definition) is 3. The molecule has 0 aliphatic rings. The molecule has 4 N–H and O–H groups in total. The van der Waals surface area contributed by atoms with Crippen LogP contribution in [0.4, 0.5) is 5.69 Å². The van der Waals surface area contributed by atoms with Gasteiger partial charge < -0.3 is 10.8 Å². The van der Waals surface area contributed by atoms with Crippen molar-refractivity contribution in [1.82, 2.24) is 14.5 Å². The van der Waals surface area contributed by atoms with Gasteiger partial charge in [0.2, 0.25) is 10.0 Å². The molecule has 0 unspecified atom stereocenters. The summed E-state index contributed by atoms with van der Waals surface area (Å²) in [6.45, 7) is 0.517. The highest BCUT2D eigenvalue weighted by atomic mass is 32.2. The van der Waals surface area contributed by atoms with Crippen LogP contribution in [0.1, 0.15) is 10.4 Å². The predicted molar refractivity (Wildman–Crippen MR) is 75.2 cm³/mol. The first-order valence-corrected chi connectivity index (χ1v) is 7.48. The second kappa shape index (κ2) is 5.94. The van der Waals surface area contributed by atoms with E-state index in [4.69, 9.17) is 10.8 Å². The Morgan fingerprint density at radius 1 is 1.43 bits per heavy atom. The number of aromatic carboxylic acids is 1. The molecule has 0 atom stereocenters. The Kier molecular flexibility index (Phi) is 4.24. The predicted octanol–water partition coefficient (Wildman–Crippen LogP) is 0.142. The fraction of sp³-hybridized carbons (Fsp3) is 0.167. The minimum Gasteiger partial charge on any atom is -0.478 e. The zero-order valence-electron chi connectivity index (χ0n) is 10.9. The minimum atomic E-state index is -3.80. The highest BCUT2D eigenvalue weighted by molar-refractivity contribution is 7.89. The number of benzene rings is 1. The number of rotatable bonds is 6. The van der Waals surface area contributed by atoms with Crippen LogP contribution in [-0.4, -0.2) is 35.8 Å². The molecule has 8 nitrogen and oxygen atoms in total. The molecule has 1 aromatic carbocycles. The van der Waals surface area contributed by atoms with Gasteiger partial charge in [-0.05, 0) is 24.3 Å². The maximum Gasteiger partial charge on any atom is 0.335 e. The number of anilines is 1. The van der Waals surface area contributed by atoms with Crippen molar-refractivity contribution < 1.29 is 18.3 Å². The summed E-state index contributed by atoms with van der Waals surface area (Å²) < 4.78 is 28.2. The van der Waals surface area contributed by atoms with E-state index in [1.54, 1.807) is 23.1 Å². The second-order valence-corrected chi connectivity index (χ2v) is 5.96. The maximum atomic E-state index is 12.1. The number of nitrogens with one attached hydrogen (secondary N) is 1. The first-order valence-electron chi connectivity index (χ1n) is 6.00. The Balaban J connectivity index is 2.10. The Morgan fingerprint density at radius 3 is 2.76 bits per heavy atom. The van der Waals surface area contributed by atoms with Gasteiger partial charge in [-0.2, -0.15) is 5.10 Å². The quantitative estimate of drug-likeness (QED) is 0.651. The first-order chi connectivity index (χ1) is 9.90. The Morgan fingerprint density at radius 2 is 2.19 bits per heavy atom. The molecule has 1 aromatic heterocycles. The zero-order valence-corrected chi connectivity index (χ0v) is 11.7. The highest BCUT2D eigenvalue weighted by Gasteiger charge is 2.18. The number of hydrogen-bond acceptors (Lipinski definition) is 5. The van der Waals surface area contributed by atoms with Crippen LogP contribution < -0.4 is 10.5 Å². The van der Waals surface area contributed by atoms with Gasteiger partial charge in [0.05, 0.1) is 17.8 Å². The van der Waals surface area contributed by atoms with Crippen LogP contribution in [0.5, 0.6) is 0 Å². The van der Waals surface area contributed by atoms with Gasteiger partial charge in [-0.3, -0.25) is 4.68 Å². The number of nitrogens with two attached hydrogens (primary N) is 1. The molecule has 0 saturated heterocycles. The third-order valence-electron chi connectivity index (χ3n) is 2.74. The van der Waals surface area contributed by atoms with Crippen LogP contribution in [0.15, 0.2) is 41.6 Å². The maximum absolute atomic E-state index is 12.1. The molecule has 0 bridgehead atoms. The van der Waals surface area contributed by atoms with Crippen LogP contribution in [0.3, 0.4) is 0 Å². The summed E-state index contributed by atoms with van der Waals surface area (Å²) in [6.07, 6.45) is 3.31. The molecule has 0 aliphatic carbocycles. The lowest BCUT2D eigenvalue weighted by atomic mass is 10.2. The van der Waals surface area contributed by atoms with E-state index in [0.29, 0.717) is 6.54 Å². The first kappa shape index (κ1) is 15.0. The van der Waals surface area contributed by atoms with Gasteiger partial charge in [0.25, 0.3) is 0 Å². The third-order valence-corrected chi connectivity index (χ3v) is 4.27. The SMILES string of the molecule is Nc1cc(C(=O)O)ccc1S(=O)(=O)NCCn1cccn1. The monoisotopic (exact) mass is 310 g/mol. The van der Waals surface area contributed by atoms with E-state index in [2.05, 4.69) is 9.82 Å². The van der Waals surface area contributed by atoms with E-state index in [-0.39, 0.29) is 22.7 Å².